The van der Waals surface area contributed by atoms with Crippen molar-refractivity contribution >= 4 is 16.7 Å². The third-order valence-corrected chi connectivity index (χ3v) is 6.56. The Kier molecular flexibility index (Phi) is 7.38. The molecule has 0 heterocycles. The van der Waals surface area contributed by atoms with Crippen LogP contribution in [0.4, 0.5) is 0 Å². The SMILES string of the molecule is CS(=O)c1ccc(OCc2ccccc2)c(CCCc2ccc(C(=O)NC3CC3)cc2)c1. The zero-order valence-electron chi connectivity index (χ0n) is 18.4. The Balaban J connectivity index is 1.37. The zero-order valence-corrected chi connectivity index (χ0v) is 19.2. The lowest BCUT2D eigenvalue weighted by atomic mass is 10.0. The maximum absolute atomic E-state index is 12.1. The molecule has 1 atom stereocenters. The third-order valence-electron chi connectivity index (χ3n) is 5.64. The highest BCUT2D eigenvalue weighted by atomic mass is 32.2. The monoisotopic (exact) mass is 447 g/mol. The van der Waals surface area contributed by atoms with Crippen LogP contribution in [-0.2, 0) is 30.2 Å². The number of carbonyl (C=O) groups is 1. The molecule has 4 rings (SSSR count). The average molecular weight is 448 g/mol. The Hall–Kier alpha value is -2.92. The Bertz CT molecular complexity index is 1080. The van der Waals surface area contributed by atoms with Gasteiger partial charge < -0.3 is 10.1 Å². The summed E-state index contributed by atoms with van der Waals surface area (Å²) in [4.78, 5) is 13.0. The summed E-state index contributed by atoms with van der Waals surface area (Å²) in [6.07, 6.45) is 6.56. The molecule has 0 radical (unpaired) electrons. The van der Waals surface area contributed by atoms with E-state index < -0.39 is 10.8 Å². The first-order valence-electron chi connectivity index (χ1n) is 11.1. The van der Waals surface area contributed by atoms with Crippen molar-refractivity contribution in [1.82, 2.24) is 5.32 Å². The molecule has 1 fully saturated rings. The van der Waals surface area contributed by atoms with Crippen molar-refractivity contribution in [2.45, 2.75) is 49.6 Å². The Morgan fingerprint density at radius 3 is 2.41 bits per heavy atom. The summed E-state index contributed by atoms with van der Waals surface area (Å²) in [6.45, 7) is 0.507. The number of rotatable bonds is 10. The molecule has 0 aromatic heterocycles. The van der Waals surface area contributed by atoms with Crippen LogP contribution in [0, 0.1) is 0 Å². The van der Waals surface area contributed by atoms with Gasteiger partial charge in [-0.15, -0.1) is 0 Å². The molecule has 0 aliphatic heterocycles. The number of ether oxygens (including phenoxy) is 1. The summed E-state index contributed by atoms with van der Waals surface area (Å²) in [5.41, 5.74) is 4.12. The second-order valence-electron chi connectivity index (χ2n) is 8.30. The highest BCUT2D eigenvalue weighted by Gasteiger charge is 2.23. The zero-order chi connectivity index (χ0) is 22.3. The lowest BCUT2D eigenvalue weighted by Gasteiger charge is -2.13. The fourth-order valence-electron chi connectivity index (χ4n) is 3.61. The molecule has 0 bridgehead atoms. The molecule has 4 nitrogen and oxygen atoms in total. The summed E-state index contributed by atoms with van der Waals surface area (Å²) in [5, 5.41) is 3.02. The standard InChI is InChI=1S/C27H29NO3S/c1-32(30)25-16-17-26(31-19-21-6-3-2-4-7-21)23(18-25)9-5-8-20-10-12-22(13-11-20)27(29)28-24-14-15-24/h2-4,6-7,10-13,16-18,24H,5,8-9,14-15,19H2,1H3,(H,28,29). The lowest BCUT2D eigenvalue weighted by molar-refractivity contribution is 0.0951. The van der Waals surface area contributed by atoms with Crippen LogP contribution in [0.25, 0.3) is 0 Å². The van der Waals surface area contributed by atoms with E-state index in [2.05, 4.69) is 5.32 Å². The quantitative estimate of drug-likeness (QED) is 0.472. The third kappa shape index (κ3) is 6.30. The Morgan fingerprint density at radius 2 is 1.72 bits per heavy atom. The molecule has 5 heteroatoms. The molecule has 0 spiro atoms. The van der Waals surface area contributed by atoms with Crippen LogP contribution in [0.3, 0.4) is 0 Å². The van der Waals surface area contributed by atoms with E-state index in [1.54, 1.807) is 6.26 Å². The van der Waals surface area contributed by atoms with Gasteiger partial charge in [0.15, 0.2) is 0 Å². The highest BCUT2D eigenvalue weighted by Crippen LogP contribution is 2.25. The highest BCUT2D eigenvalue weighted by molar-refractivity contribution is 7.84. The fourth-order valence-corrected chi connectivity index (χ4v) is 4.18. The molecule has 3 aromatic carbocycles. The van der Waals surface area contributed by atoms with Crippen molar-refractivity contribution in [3.8, 4) is 5.75 Å². The predicted octanol–water partition coefficient (Wildman–Crippen LogP) is 5.07. The number of nitrogens with one attached hydrogen (secondary N) is 1. The minimum absolute atomic E-state index is 0.0173. The second kappa shape index (κ2) is 10.6. The van der Waals surface area contributed by atoms with Crippen LogP contribution in [0.1, 0.15) is 46.3 Å². The number of benzene rings is 3. The van der Waals surface area contributed by atoms with E-state index in [1.165, 1.54) is 5.56 Å². The molecule has 1 N–H and O–H groups in total. The van der Waals surface area contributed by atoms with Gasteiger partial charge in [0, 0.05) is 33.6 Å². The Morgan fingerprint density at radius 1 is 0.969 bits per heavy atom. The van der Waals surface area contributed by atoms with Gasteiger partial charge >= 0.3 is 0 Å². The Labute approximate surface area is 192 Å². The maximum atomic E-state index is 12.1. The van der Waals surface area contributed by atoms with E-state index in [0.29, 0.717) is 12.6 Å². The van der Waals surface area contributed by atoms with E-state index in [4.69, 9.17) is 4.74 Å². The van der Waals surface area contributed by atoms with Gasteiger partial charge in [0.1, 0.15) is 12.4 Å². The summed E-state index contributed by atoms with van der Waals surface area (Å²) >= 11 is 0. The maximum Gasteiger partial charge on any atom is 0.251 e. The average Bonchev–Trinajstić information content (AvgIpc) is 3.63. The molecule has 1 saturated carbocycles. The molecule has 1 unspecified atom stereocenters. The molecular weight excluding hydrogens is 418 g/mol. The van der Waals surface area contributed by atoms with E-state index in [-0.39, 0.29) is 5.91 Å². The van der Waals surface area contributed by atoms with Gasteiger partial charge in [0.2, 0.25) is 0 Å². The van der Waals surface area contributed by atoms with Crippen molar-refractivity contribution in [3.63, 3.8) is 0 Å². The van der Waals surface area contributed by atoms with Crippen molar-refractivity contribution in [3.05, 3.63) is 95.1 Å². The van der Waals surface area contributed by atoms with Crippen LogP contribution < -0.4 is 10.1 Å². The smallest absolute Gasteiger partial charge is 0.251 e. The second-order valence-corrected chi connectivity index (χ2v) is 9.68. The van der Waals surface area contributed by atoms with E-state index in [0.717, 1.165) is 59.4 Å². The predicted molar refractivity (Wildman–Crippen MR) is 129 cm³/mol. The summed E-state index contributed by atoms with van der Waals surface area (Å²) in [5.74, 6) is 0.860. The molecule has 0 saturated heterocycles. The first-order valence-corrected chi connectivity index (χ1v) is 12.7. The van der Waals surface area contributed by atoms with Gasteiger partial charge in [-0.2, -0.15) is 0 Å². The molecule has 166 valence electrons. The fraction of sp³-hybridized carbons (Fsp3) is 0.296. The summed E-state index contributed by atoms with van der Waals surface area (Å²) in [6, 6.07) is 24.2. The lowest BCUT2D eigenvalue weighted by Crippen LogP contribution is -2.25. The first kappa shape index (κ1) is 22.3. The minimum Gasteiger partial charge on any atom is -0.489 e. The largest absolute Gasteiger partial charge is 0.489 e. The number of amides is 1. The van der Waals surface area contributed by atoms with Crippen molar-refractivity contribution < 1.29 is 13.7 Å². The number of aryl methyl sites for hydroxylation is 2. The van der Waals surface area contributed by atoms with E-state index in [1.807, 2.05) is 72.8 Å². The van der Waals surface area contributed by atoms with Crippen LogP contribution in [0.15, 0.2) is 77.7 Å². The van der Waals surface area contributed by atoms with Gasteiger partial charge in [-0.3, -0.25) is 9.00 Å². The van der Waals surface area contributed by atoms with Gasteiger partial charge in [-0.25, -0.2) is 0 Å². The molecule has 1 aliphatic carbocycles. The van der Waals surface area contributed by atoms with Gasteiger partial charge in [0.25, 0.3) is 5.91 Å². The molecule has 1 aliphatic rings. The van der Waals surface area contributed by atoms with Crippen molar-refractivity contribution in [2.24, 2.45) is 0 Å². The topological polar surface area (TPSA) is 55.4 Å². The normalized spacial score (nSPS) is 14.0. The summed E-state index contributed by atoms with van der Waals surface area (Å²) in [7, 11) is -1.03. The molecule has 3 aromatic rings. The van der Waals surface area contributed by atoms with E-state index >= 15 is 0 Å². The van der Waals surface area contributed by atoms with Gasteiger partial charge in [0.05, 0.1) is 0 Å². The van der Waals surface area contributed by atoms with Crippen LogP contribution in [-0.4, -0.2) is 22.4 Å². The molecular formula is C27H29NO3S. The molecule has 32 heavy (non-hydrogen) atoms. The number of hydrogen-bond acceptors (Lipinski definition) is 3. The van der Waals surface area contributed by atoms with Gasteiger partial charge in [-0.05, 0) is 79.1 Å². The van der Waals surface area contributed by atoms with Crippen LogP contribution in [0.2, 0.25) is 0 Å². The minimum atomic E-state index is -1.03. The first-order chi connectivity index (χ1) is 15.6. The van der Waals surface area contributed by atoms with Gasteiger partial charge in [-0.1, -0.05) is 42.5 Å². The van der Waals surface area contributed by atoms with Crippen molar-refractivity contribution in [1.29, 1.82) is 0 Å². The number of hydrogen-bond donors (Lipinski definition) is 1. The van der Waals surface area contributed by atoms with Crippen LogP contribution in [0.5, 0.6) is 5.75 Å². The molecule has 1 amide bonds. The summed E-state index contributed by atoms with van der Waals surface area (Å²) < 4.78 is 18.1. The van der Waals surface area contributed by atoms with Crippen molar-refractivity contribution in [2.75, 3.05) is 6.26 Å². The number of carbonyl (C=O) groups excluding carboxylic acids is 1. The van der Waals surface area contributed by atoms with Crippen LogP contribution >= 0.6 is 0 Å². The van der Waals surface area contributed by atoms with E-state index in [9.17, 15) is 9.00 Å².